The molecule has 0 saturated carbocycles. The minimum atomic E-state index is -2.52. The molecule has 0 spiro atoms. The standard InChI is InChI=1S/C8H16F2O/c1-3-4-5-8(9,10)6-7-11-2/h3-7H2,1-2H3. The molecule has 68 valence electrons. The van der Waals surface area contributed by atoms with Gasteiger partial charge in [-0.15, -0.1) is 0 Å². The number of alkyl halides is 2. The third kappa shape index (κ3) is 6.23. The molecule has 0 aliphatic rings. The van der Waals surface area contributed by atoms with Crippen LogP contribution in [-0.2, 0) is 4.74 Å². The van der Waals surface area contributed by atoms with Crippen LogP contribution in [-0.4, -0.2) is 19.6 Å². The van der Waals surface area contributed by atoms with Gasteiger partial charge in [-0.25, -0.2) is 8.78 Å². The van der Waals surface area contributed by atoms with E-state index in [9.17, 15) is 8.78 Å². The average molecular weight is 166 g/mol. The molecule has 0 saturated heterocycles. The monoisotopic (exact) mass is 166 g/mol. The molecule has 0 aliphatic heterocycles. The second-order valence-electron chi connectivity index (χ2n) is 2.70. The lowest BCUT2D eigenvalue weighted by Gasteiger charge is -2.14. The number of unbranched alkanes of at least 4 members (excludes halogenated alkanes) is 1. The Bertz CT molecular complexity index is 84.1. The molecule has 0 aromatic carbocycles. The summed E-state index contributed by atoms with van der Waals surface area (Å²) in [4.78, 5) is 0. The molecule has 0 aromatic rings. The molecule has 0 radical (unpaired) electrons. The van der Waals surface area contributed by atoms with Crippen LogP contribution in [0.3, 0.4) is 0 Å². The van der Waals surface area contributed by atoms with Crippen molar-refractivity contribution >= 4 is 0 Å². The lowest BCUT2D eigenvalue weighted by Crippen LogP contribution is -2.18. The number of halogens is 2. The highest BCUT2D eigenvalue weighted by Crippen LogP contribution is 2.24. The van der Waals surface area contributed by atoms with Gasteiger partial charge in [-0.1, -0.05) is 13.3 Å². The van der Waals surface area contributed by atoms with Crippen LogP contribution < -0.4 is 0 Å². The highest BCUT2D eigenvalue weighted by atomic mass is 19.3. The summed E-state index contributed by atoms with van der Waals surface area (Å²) in [5.74, 6) is -2.52. The first-order valence-electron chi connectivity index (χ1n) is 3.99. The molecular formula is C8H16F2O. The maximum atomic E-state index is 12.7. The SMILES string of the molecule is CCCCC(F)(F)CCOC. The van der Waals surface area contributed by atoms with Crippen LogP contribution in [0.4, 0.5) is 8.78 Å². The van der Waals surface area contributed by atoms with Gasteiger partial charge in [-0.05, 0) is 6.42 Å². The van der Waals surface area contributed by atoms with Crippen molar-refractivity contribution in [2.24, 2.45) is 0 Å². The summed E-state index contributed by atoms with van der Waals surface area (Å²) in [6.45, 7) is 2.06. The zero-order chi connectivity index (χ0) is 8.74. The van der Waals surface area contributed by atoms with Crippen molar-refractivity contribution in [3.8, 4) is 0 Å². The third-order valence-corrected chi connectivity index (χ3v) is 1.57. The van der Waals surface area contributed by atoms with Gasteiger partial charge >= 0.3 is 0 Å². The number of hydrogen-bond donors (Lipinski definition) is 0. The van der Waals surface area contributed by atoms with Crippen LogP contribution in [0.15, 0.2) is 0 Å². The van der Waals surface area contributed by atoms with Crippen molar-refractivity contribution in [3.63, 3.8) is 0 Å². The molecule has 0 rings (SSSR count). The number of ether oxygens (including phenoxy) is 1. The van der Waals surface area contributed by atoms with E-state index in [0.717, 1.165) is 6.42 Å². The molecule has 1 nitrogen and oxygen atoms in total. The lowest BCUT2D eigenvalue weighted by molar-refractivity contribution is -0.0357. The molecule has 0 atom stereocenters. The van der Waals surface area contributed by atoms with E-state index in [0.29, 0.717) is 6.42 Å². The molecule has 0 aliphatic carbocycles. The highest BCUT2D eigenvalue weighted by molar-refractivity contribution is 4.64. The molecule has 0 heterocycles. The van der Waals surface area contributed by atoms with Crippen molar-refractivity contribution in [1.29, 1.82) is 0 Å². The molecule has 0 amide bonds. The minimum Gasteiger partial charge on any atom is -0.384 e. The highest BCUT2D eigenvalue weighted by Gasteiger charge is 2.26. The van der Waals surface area contributed by atoms with Crippen molar-refractivity contribution in [1.82, 2.24) is 0 Å². The normalized spacial score (nSPS) is 12.0. The van der Waals surface area contributed by atoms with Gasteiger partial charge in [0.25, 0.3) is 0 Å². The Hall–Kier alpha value is -0.180. The summed E-state index contributed by atoms with van der Waals surface area (Å²) in [6, 6.07) is 0. The zero-order valence-corrected chi connectivity index (χ0v) is 7.20. The molecule has 0 fully saturated rings. The second-order valence-corrected chi connectivity index (χ2v) is 2.70. The van der Waals surface area contributed by atoms with Crippen LogP contribution in [0.2, 0.25) is 0 Å². The van der Waals surface area contributed by atoms with E-state index in [1.807, 2.05) is 6.92 Å². The fourth-order valence-corrected chi connectivity index (χ4v) is 0.812. The Balaban J connectivity index is 3.43. The van der Waals surface area contributed by atoms with Crippen molar-refractivity contribution in [2.45, 2.75) is 38.5 Å². The summed E-state index contributed by atoms with van der Waals surface area (Å²) >= 11 is 0. The molecule has 11 heavy (non-hydrogen) atoms. The second kappa shape index (κ2) is 5.47. The van der Waals surface area contributed by atoms with E-state index in [-0.39, 0.29) is 19.4 Å². The molecule has 0 bridgehead atoms. The predicted molar refractivity (Wildman–Crippen MR) is 41.0 cm³/mol. The van der Waals surface area contributed by atoms with E-state index in [1.165, 1.54) is 7.11 Å². The molecule has 0 N–H and O–H groups in total. The van der Waals surface area contributed by atoms with E-state index in [4.69, 9.17) is 0 Å². The first kappa shape index (κ1) is 10.8. The van der Waals surface area contributed by atoms with Gasteiger partial charge in [-0.3, -0.25) is 0 Å². The number of methoxy groups -OCH3 is 1. The van der Waals surface area contributed by atoms with Gasteiger partial charge in [-0.2, -0.15) is 0 Å². The van der Waals surface area contributed by atoms with Crippen molar-refractivity contribution in [3.05, 3.63) is 0 Å². The van der Waals surface area contributed by atoms with Gasteiger partial charge in [0.2, 0.25) is 5.92 Å². The van der Waals surface area contributed by atoms with Gasteiger partial charge in [0.15, 0.2) is 0 Å². The van der Waals surface area contributed by atoms with Crippen LogP contribution in [0.1, 0.15) is 32.6 Å². The van der Waals surface area contributed by atoms with Crippen LogP contribution in [0, 0.1) is 0 Å². The minimum absolute atomic E-state index is 0.00708. The van der Waals surface area contributed by atoms with E-state index in [2.05, 4.69) is 4.74 Å². The Morgan fingerprint density at radius 3 is 2.36 bits per heavy atom. The summed E-state index contributed by atoms with van der Waals surface area (Å²) in [5.41, 5.74) is 0. The lowest BCUT2D eigenvalue weighted by atomic mass is 10.1. The summed E-state index contributed by atoms with van der Waals surface area (Å²) in [5, 5.41) is 0. The maximum Gasteiger partial charge on any atom is 0.250 e. The van der Waals surface area contributed by atoms with E-state index in [1.54, 1.807) is 0 Å². The van der Waals surface area contributed by atoms with Gasteiger partial charge in [0.1, 0.15) is 0 Å². The summed E-state index contributed by atoms with van der Waals surface area (Å²) in [7, 11) is 1.44. The first-order valence-corrected chi connectivity index (χ1v) is 3.99. The fourth-order valence-electron chi connectivity index (χ4n) is 0.812. The Kier molecular flexibility index (Phi) is 5.38. The molecule has 0 aromatic heterocycles. The van der Waals surface area contributed by atoms with Crippen LogP contribution in [0.25, 0.3) is 0 Å². The fraction of sp³-hybridized carbons (Fsp3) is 1.00. The summed E-state index contributed by atoms with van der Waals surface area (Å²) < 4.78 is 30.0. The molecular weight excluding hydrogens is 150 g/mol. The quantitative estimate of drug-likeness (QED) is 0.589. The Labute approximate surface area is 66.7 Å². The number of hydrogen-bond acceptors (Lipinski definition) is 1. The van der Waals surface area contributed by atoms with Crippen molar-refractivity contribution < 1.29 is 13.5 Å². The van der Waals surface area contributed by atoms with Gasteiger partial charge < -0.3 is 4.74 Å². The zero-order valence-electron chi connectivity index (χ0n) is 7.20. The topological polar surface area (TPSA) is 9.23 Å². The van der Waals surface area contributed by atoms with Gasteiger partial charge in [0, 0.05) is 20.0 Å². The average Bonchev–Trinajstić information content (AvgIpc) is 1.97. The summed E-state index contributed by atoms with van der Waals surface area (Å²) in [6.07, 6.45) is 1.26. The smallest absolute Gasteiger partial charge is 0.250 e. The van der Waals surface area contributed by atoms with Crippen molar-refractivity contribution in [2.75, 3.05) is 13.7 Å². The molecule has 3 heteroatoms. The van der Waals surface area contributed by atoms with Gasteiger partial charge in [0.05, 0.1) is 6.61 Å². The Morgan fingerprint density at radius 2 is 1.91 bits per heavy atom. The third-order valence-electron chi connectivity index (χ3n) is 1.57. The largest absolute Gasteiger partial charge is 0.384 e. The number of rotatable bonds is 6. The van der Waals surface area contributed by atoms with Crippen LogP contribution >= 0.6 is 0 Å². The van der Waals surface area contributed by atoms with Crippen LogP contribution in [0.5, 0.6) is 0 Å². The first-order chi connectivity index (χ1) is 5.12. The molecule has 0 unspecified atom stereocenters. The van der Waals surface area contributed by atoms with E-state index >= 15 is 0 Å². The predicted octanol–water partition coefficient (Wildman–Crippen LogP) is 2.85. The Morgan fingerprint density at radius 1 is 1.27 bits per heavy atom. The maximum absolute atomic E-state index is 12.7. The van der Waals surface area contributed by atoms with E-state index < -0.39 is 5.92 Å².